The van der Waals surface area contributed by atoms with Gasteiger partial charge >= 0.3 is 0 Å². The molecule has 4 heteroatoms. The molecule has 72 valence electrons. The molecule has 0 bridgehead atoms. The molecule has 1 aliphatic heterocycles. The molecule has 1 atom stereocenters. The van der Waals surface area contributed by atoms with Crippen LogP contribution in [0.5, 0.6) is 0 Å². The van der Waals surface area contributed by atoms with Crippen LogP contribution in [0, 0.1) is 0 Å². The highest BCUT2D eigenvalue weighted by atomic mass is 32.1. The van der Waals surface area contributed by atoms with E-state index < -0.39 is 0 Å². The van der Waals surface area contributed by atoms with Crippen LogP contribution in [-0.2, 0) is 0 Å². The summed E-state index contributed by atoms with van der Waals surface area (Å²) in [4.78, 5) is 4.22. The van der Waals surface area contributed by atoms with Crippen molar-refractivity contribution in [2.75, 3.05) is 18.4 Å². The fourth-order valence-electron chi connectivity index (χ4n) is 1.61. The van der Waals surface area contributed by atoms with Gasteiger partial charge in [0.2, 0.25) is 0 Å². The fraction of sp³-hybridized carbons (Fsp3) is 0.667. The third-order valence-electron chi connectivity index (χ3n) is 2.31. The van der Waals surface area contributed by atoms with Crippen LogP contribution in [0.25, 0.3) is 0 Å². The number of rotatable bonds is 2. The van der Waals surface area contributed by atoms with Crippen molar-refractivity contribution >= 4 is 16.5 Å². The average molecular weight is 197 g/mol. The van der Waals surface area contributed by atoms with Gasteiger partial charge in [0, 0.05) is 24.2 Å². The Kier molecular flexibility index (Phi) is 3.16. The van der Waals surface area contributed by atoms with E-state index in [9.17, 15) is 0 Å². The maximum Gasteiger partial charge on any atom is 0.182 e. The summed E-state index contributed by atoms with van der Waals surface area (Å²) in [5.74, 6) is 0. The van der Waals surface area contributed by atoms with Gasteiger partial charge in [-0.2, -0.15) is 0 Å². The molecule has 1 saturated heterocycles. The van der Waals surface area contributed by atoms with Crippen LogP contribution >= 0.6 is 11.3 Å². The average Bonchev–Trinajstić information content (AvgIpc) is 2.49. The molecular weight excluding hydrogens is 182 g/mol. The number of anilines is 1. The Morgan fingerprint density at radius 1 is 1.54 bits per heavy atom. The molecule has 13 heavy (non-hydrogen) atoms. The first-order chi connectivity index (χ1) is 6.45. The van der Waals surface area contributed by atoms with E-state index >= 15 is 0 Å². The van der Waals surface area contributed by atoms with Gasteiger partial charge in [-0.3, -0.25) is 0 Å². The molecule has 0 aliphatic carbocycles. The van der Waals surface area contributed by atoms with E-state index in [0.717, 1.165) is 18.2 Å². The summed E-state index contributed by atoms with van der Waals surface area (Å²) < 4.78 is 0. The van der Waals surface area contributed by atoms with Gasteiger partial charge in [-0.25, -0.2) is 4.98 Å². The number of nitrogens with one attached hydrogen (secondary N) is 2. The smallest absolute Gasteiger partial charge is 0.182 e. The summed E-state index contributed by atoms with van der Waals surface area (Å²) >= 11 is 1.67. The standard InChI is InChI=1S/C9H15N3S/c1-2-4-10-7-8(3-1)12-9-11-5-6-13-9/h5-6,8,10H,1-4,7H2,(H,11,12). The van der Waals surface area contributed by atoms with Crippen molar-refractivity contribution in [3.05, 3.63) is 11.6 Å². The van der Waals surface area contributed by atoms with Crippen LogP contribution in [0.2, 0.25) is 0 Å². The number of hydrogen-bond acceptors (Lipinski definition) is 4. The van der Waals surface area contributed by atoms with Crippen molar-refractivity contribution in [1.29, 1.82) is 0 Å². The van der Waals surface area contributed by atoms with Gasteiger partial charge in [0.1, 0.15) is 0 Å². The maximum atomic E-state index is 4.22. The van der Waals surface area contributed by atoms with Crippen LogP contribution in [0.3, 0.4) is 0 Å². The molecule has 2 N–H and O–H groups in total. The van der Waals surface area contributed by atoms with Crippen molar-refractivity contribution in [1.82, 2.24) is 10.3 Å². The zero-order valence-corrected chi connectivity index (χ0v) is 8.44. The first-order valence-corrected chi connectivity index (χ1v) is 5.70. The topological polar surface area (TPSA) is 37.0 Å². The molecule has 1 aromatic rings. The van der Waals surface area contributed by atoms with E-state index in [1.807, 2.05) is 11.6 Å². The SMILES string of the molecule is c1csc(NC2CCCCNC2)n1. The van der Waals surface area contributed by atoms with Crippen LogP contribution < -0.4 is 10.6 Å². The number of nitrogens with zero attached hydrogens (tertiary/aromatic N) is 1. The normalized spacial score (nSPS) is 23.8. The van der Waals surface area contributed by atoms with Gasteiger partial charge < -0.3 is 10.6 Å². The Morgan fingerprint density at radius 3 is 3.38 bits per heavy atom. The van der Waals surface area contributed by atoms with Crippen molar-refractivity contribution in [2.24, 2.45) is 0 Å². The minimum atomic E-state index is 0.564. The Balaban J connectivity index is 1.86. The second kappa shape index (κ2) is 4.58. The summed E-state index contributed by atoms with van der Waals surface area (Å²) in [6.45, 7) is 2.23. The van der Waals surface area contributed by atoms with Gasteiger partial charge in [-0.15, -0.1) is 11.3 Å². The quantitative estimate of drug-likeness (QED) is 0.757. The Morgan fingerprint density at radius 2 is 2.54 bits per heavy atom. The van der Waals surface area contributed by atoms with Crippen LogP contribution in [0.1, 0.15) is 19.3 Å². The molecule has 0 radical (unpaired) electrons. The molecular formula is C9H15N3S. The molecule has 2 rings (SSSR count). The summed E-state index contributed by atoms with van der Waals surface area (Å²) in [7, 11) is 0. The second-order valence-electron chi connectivity index (χ2n) is 3.38. The van der Waals surface area contributed by atoms with Crippen LogP contribution in [-0.4, -0.2) is 24.1 Å². The van der Waals surface area contributed by atoms with Crippen molar-refractivity contribution < 1.29 is 0 Å². The van der Waals surface area contributed by atoms with Gasteiger partial charge in [-0.05, 0) is 19.4 Å². The highest BCUT2D eigenvalue weighted by Crippen LogP contribution is 2.14. The number of aromatic nitrogens is 1. The minimum Gasteiger partial charge on any atom is -0.358 e. The molecule has 0 saturated carbocycles. The summed E-state index contributed by atoms with van der Waals surface area (Å²) in [5, 5.41) is 9.93. The van der Waals surface area contributed by atoms with Crippen molar-refractivity contribution in [2.45, 2.75) is 25.3 Å². The summed E-state index contributed by atoms with van der Waals surface area (Å²) in [6.07, 6.45) is 5.72. The van der Waals surface area contributed by atoms with E-state index in [1.54, 1.807) is 11.3 Å². The Labute approximate surface area is 82.6 Å². The Bertz CT molecular complexity index is 227. The number of hydrogen-bond donors (Lipinski definition) is 2. The molecule has 0 amide bonds. The van der Waals surface area contributed by atoms with E-state index in [2.05, 4.69) is 15.6 Å². The molecule has 2 heterocycles. The van der Waals surface area contributed by atoms with Gasteiger partial charge in [0.15, 0.2) is 5.13 Å². The first kappa shape index (κ1) is 8.97. The molecule has 1 unspecified atom stereocenters. The predicted octanol–water partition coefficient (Wildman–Crippen LogP) is 1.70. The minimum absolute atomic E-state index is 0.564. The third-order valence-corrected chi connectivity index (χ3v) is 3.01. The maximum absolute atomic E-state index is 4.22. The van der Waals surface area contributed by atoms with Crippen LogP contribution in [0.4, 0.5) is 5.13 Å². The number of thiazole rings is 1. The van der Waals surface area contributed by atoms with E-state index in [0.29, 0.717) is 6.04 Å². The molecule has 3 nitrogen and oxygen atoms in total. The highest BCUT2D eigenvalue weighted by molar-refractivity contribution is 7.13. The molecule has 0 aromatic carbocycles. The van der Waals surface area contributed by atoms with Crippen LogP contribution in [0.15, 0.2) is 11.6 Å². The van der Waals surface area contributed by atoms with Crippen molar-refractivity contribution in [3.63, 3.8) is 0 Å². The highest BCUT2D eigenvalue weighted by Gasteiger charge is 2.11. The van der Waals surface area contributed by atoms with E-state index in [4.69, 9.17) is 0 Å². The van der Waals surface area contributed by atoms with Gasteiger partial charge in [0.25, 0.3) is 0 Å². The molecule has 1 aliphatic rings. The summed E-state index contributed by atoms with van der Waals surface area (Å²) in [6, 6.07) is 0.564. The zero-order chi connectivity index (χ0) is 8.93. The summed E-state index contributed by atoms with van der Waals surface area (Å²) in [5.41, 5.74) is 0. The first-order valence-electron chi connectivity index (χ1n) is 4.82. The lowest BCUT2D eigenvalue weighted by molar-refractivity contribution is 0.635. The lowest BCUT2D eigenvalue weighted by Crippen LogP contribution is -2.30. The second-order valence-corrected chi connectivity index (χ2v) is 4.27. The fourth-order valence-corrected chi connectivity index (χ4v) is 2.22. The zero-order valence-electron chi connectivity index (χ0n) is 7.62. The van der Waals surface area contributed by atoms with E-state index in [-0.39, 0.29) is 0 Å². The Hall–Kier alpha value is -0.610. The lowest BCUT2D eigenvalue weighted by atomic mass is 10.1. The largest absolute Gasteiger partial charge is 0.358 e. The van der Waals surface area contributed by atoms with Gasteiger partial charge in [0.05, 0.1) is 0 Å². The predicted molar refractivity (Wildman–Crippen MR) is 56.2 cm³/mol. The monoisotopic (exact) mass is 197 g/mol. The van der Waals surface area contributed by atoms with E-state index in [1.165, 1.54) is 19.3 Å². The lowest BCUT2D eigenvalue weighted by Gasteiger charge is -2.14. The molecule has 1 fully saturated rings. The molecule has 1 aromatic heterocycles. The van der Waals surface area contributed by atoms with Gasteiger partial charge in [-0.1, -0.05) is 6.42 Å². The van der Waals surface area contributed by atoms with Crippen molar-refractivity contribution in [3.8, 4) is 0 Å². The molecule has 0 spiro atoms. The third kappa shape index (κ3) is 2.67.